The number of rotatable bonds is 4. The number of thiophene rings is 1. The molecule has 0 spiro atoms. The van der Waals surface area contributed by atoms with Crippen LogP contribution < -0.4 is 5.56 Å². The van der Waals surface area contributed by atoms with Crippen molar-refractivity contribution in [2.75, 3.05) is 0 Å². The van der Waals surface area contributed by atoms with E-state index in [2.05, 4.69) is 15.3 Å². The van der Waals surface area contributed by atoms with Crippen LogP contribution in [0.25, 0.3) is 32.8 Å². The fourth-order valence-electron chi connectivity index (χ4n) is 3.13. The van der Waals surface area contributed by atoms with Gasteiger partial charge in [-0.1, -0.05) is 48.0 Å². The lowest BCUT2D eigenvalue weighted by Crippen LogP contribution is -2.24. The second-order valence-electron chi connectivity index (χ2n) is 6.32. The highest BCUT2D eigenvalue weighted by Crippen LogP contribution is 2.29. The molecule has 0 aliphatic carbocycles. The van der Waals surface area contributed by atoms with Crippen LogP contribution in [0, 0.1) is 0 Å². The van der Waals surface area contributed by atoms with Crippen molar-refractivity contribution in [3.8, 4) is 22.0 Å². The van der Waals surface area contributed by atoms with Crippen LogP contribution in [0.15, 0.2) is 75.3 Å². The molecule has 8 heteroatoms. The van der Waals surface area contributed by atoms with Gasteiger partial charge in [0.1, 0.15) is 12.2 Å². The van der Waals surface area contributed by atoms with Crippen LogP contribution in [0.3, 0.4) is 0 Å². The Labute approximate surface area is 174 Å². The molecule has 0 radical (unpaired) electrons. The molecule has 0 N–H and O–H groups in total. The monoisotopic (exact) mass is 420 g/mol. The lowest BCUT2D eigenvalue weighted by molar-refractivity contribution is 0.467. The van der Waals surface area contributed by atoms with Crippen LogP contribution in [-0.4, -0.2) is 20.0 Å². The second-order valence-corrected chi connectivity index (χ2v) is 7.67. The van der Waals surface area contributed by atoms with Gasteiger partial charge in [-0.15, -0.1) is 21.5 Å². The number of benzene rings is 2. The number of nitrogens with zero attached hydrogens (tertiary/aromatic N) is 4. The summed E-state index contributed by atoms with van der Waals surface area (Å²) >= 11 is 7.77. The van der Waals surface area contributed by atoms with Crippen LogP contribution in [-0.2, 0) is 6.54 Å². The standard InChI is InChI=1S/C21H13ClN4O2S/c22-16-9-4-3-8-15(16)20-24-23-18(28-20)12-26-21(27)14-7-2-1-6-13(14)19(25-26)17-10-5-11-29-17/h1-11H,12H2. The average Bonchev–Trinajstić information content (AvgIpc) is 3.43. The third kappa shape index (κ3) is 3.24. The van der Waals surface area contributed by atoms with Crippen molar-refractivity contribution in [3.05, 3.63) is 87.3 Å². The molecule has 2 aromatic carbocycles. The summed E-state index contributed by atoms with van der Waals surface area (Å²) in [6, 6.07) is 18.6. The molecule has 29 heavy (non-hydrogen) atoms. The van der Waals surface area contributed by atoms with Crippen LogP contribution in [0.4, 0.5) is 0 Å². The predicted octanol–water partition coefficient (Wildman–Crippen LogP) is 4.88. The van der Waals surface area contributed by atoms with E-state index in [0.717, 1.165) is 16.0 Å². The minimum absolute atomic E-state index is 0.0689. The zero-order valence-electron chi connectivity index (χ0n) is 14.9. The van der Waals surface area contributed by atoms with Crippen molar-refractivity contribution in [1.29, 1.82) is 0 Å². The molecular formula is C21H13ClN4O2S. The van der Waals surface area contributed by atoms with Crippen LogP contribution >= 0.6 is 22.9 Å². The Balaban J connectivity index is 1.59. The van der Waals surface area contributed by atoms with Gasteiger partial charge in [-0.3, -0.25) is 4.79 Å². The minimum Gasteiger partial charge on any atom is -0.419 e. The molecule has 0 fully saturated rings. The Morgan fingerprint density at radius 3 is 2.55 bits per heavy atom. The molecule has 3 heterocycles. The highest BCUT2D eigenvalue weighted by Gasteiger charge is 2.16. The lowest BCUT2D eigenvalue weighted by Gasteiger charge is -2.08. The van der Waals surface area contributed by atoms with Crippen molar-refractivity contribution >= 4 is 33.7 Å². The van der Waals surface area contributed by atoms with Gasteiger partial charge in [0.15, 0.2) is 0 Å². The summed E-state index contributed by atoms with van der Waals surface area (Å²) in [5.74, 6) is 0.583. The molecule has 0 bridgehead atoms. The SMILES string of the molecule is O=c1c2ccccc2c(-c2cccs2)nn1Cc1nnc(-c2ccccc2Cl)o1. The summed E-state index contributed by atoms with van der Waals surface area (Å²) < 4.78 is 7.11. The van der Waals surface area contributed by atoms with E-state index in [1.165, 1.54) is 4.68 Å². The first-order valence-electron chi connectivity index (χ1n) is 8.82. The number of fused-ring (bicyclic) bond motifs is 1. The summed E-state index contributed by atoms with van der Waals surface area (Å²) in [6.07, 6.45) is 0. The molecule has 142 valence electrons. The fraction of sp³-hybridized carbons (Fsp3) is 0.0476. The van der Waals surface area contributed by atoms with E-state index in [-0.39, 0.29) is 18.0 Å². The Morgan fingerprint density at radius 2 is 1.76 bits per heavy atom. The molecule has 3 aromatic heterocycles. The summed E-state index contributed by atoms with van der Waals surface area (Å²) in [6.45, 7) is 0.0689. The molecule has 0 unspecified atom stereocenters. The predicted molar refractivity (Wildman–Crippen MR) is 113 cm³/mol. The van der Waals surface area contributed by atoms with E-state index in [1.807, 2.05) is 47.8 Å². The molecule has 0 aliphatic rings. The molecule has 0 saturated heterocycles. The molecule has 0 aliphatic heterocycles. The van der Waals surface area contributed by atoms with Gasteiger partial charge in [-0.25, -0.2) is 4.68 Å². The maximum absolute atomic E-state index is 13.0. The Bertz CT molecular complexity index is 1380. The van der Waals surface area contributed by atoms with Gasteiger partial charge in [0.05, 0.1) is 20.8 Å². The quantitative estimate of drug-likeness (QED) is 0.414. The van der Waals surface area contributed by atoms with Crippen molar-refractivity contribution < 1.29 is 4.42 Å². The zero-order valence-corrected chi connectivity index (χ0v) is 16.5. The number of hydrogen-bond acceptors (Lipinski definition) is 6. The second kappa shape index (κ2) is 7.27. The first-order chi connectivity index (χ1) is 14.2. The Hall–Kier alpha value is -3.29. The van der Waals surface area contributed by atoms with E-state index in [1.54, 1.807) is 29.5 Å². The molecule has 0 saturated carbocycles. The topological polar surface area (TPSA) is 73.8 Å². The number of hydrogen-bond donors (Lipinski definition) is 0. The first-order valence-corrected chi connectivity index (χ1v) is 10.1. The summed E-state index contributed by atoms with van der Waals surface area (Å²) in [4.78, 5) is 14.0. The molecule has 0 atom stereocenters. The van der Waals surface area contributed by atoms with Gasteiger partial charge < -0.3 is 4.42 Å². The summed E-state index contributed by atoms with van der Waals surface area (Å²) in [5, 5.41) is 16.6. The van der Waals surface area contributed by atoms with Crippen LogP contribution in [0.5, 0.6) is 0 Å². The van der Waals surface area contributed by atoms with Gasteiger partial charge in [-0.2, -0.15) is 5.10 Å². The van der Waals surface area contributed by atoms with E-state index in [4.69, 9.17) is 16.0 Å². The highest BCUT2D eigenvalue weighted by molar-refractivity contribution is 7.13. The molecule has 5 aromatic rings. The largest absolute Gasteiger partial charge is 0.419 e. The summed E-state index contributed by atoms with van der Waals surface area (Å²) in [7, 11) is 0. The highest BCUT2D eigenvalue weighted by atomic mass is 35.5. The smallest absolute Gasteiger partial charge is 0.275 e. The Morgan fingerprint density at radius 1 is 0.966 bits per heavy atom. The van der Waals surface area contributed by atoms with Crippen molar-refractivity contribution in [2.45, 2.75) is 6.54 Å². The van der Waals surface area contributed by atoms with E-state index < -0.39 is 0 Å². The van der Waals surface area contributed by atoms with E-state index in [9.17, 15) is 4.79 Å². The van der Waals surface area contributed by atoms with Gasteiger partial charge in [0.2, 0.25) is 11.8 Å². The maximum Gasteiger partial charge on any atom is 0.275 e. The van der Waals surface area contributed by atoms with E-state index >= 15 is 0 Å². The van der Waals surface area contributed by atoms with Crippen molar-refractivity contribution in [3.63, 3.8) is 0 Å². The molecule has 0 amide bonds. The average molecular weight is 421 g/mol. The maximum atomic E-state index is 13.0. The van der Waals surface area contributed by atoms with Gasteiger partial charge in [0, 0.05) is 5.39 Å². The third-order valence-corrected chi connectivity index (χ3v) is 5.68. The van der Waals surface area contributed by atoms with Crippen molar-refractivity contribution in [2.24, 2.45) is 0 Å². The van der Waals surface area contributed by atoms with Gasteiger partial charge in [-0.05, 0) is 29.6 Å². The molecule has 5 rings (SSSR count). The van der Waals surface area contributed by atoms with Crippen molar-refractivity contribution in [1.82, 2.24) is 20.0 Å². The number of aromatic nitrogens is 4. The van der Waals surface area contributed by atoms with E-state index in [0.29, 0.717) is 21.9 Å². The van der Waals surface area contributed by atoms with Gasteiger partial charge >= 0.3 is 0 Å². The zero-order chi connectivity index (χ0) is 19.8. The fourth-order valence-corrected chi connectivity index (χ4v) is 4.07. The minimum atomic E-state index is -0.210. The first kappa shape index (κ1) is 17.8. The molecular weight excluding hydrogens is 408 g/mol. The summed E-state index contributed by atoms with van der Waals surface area (Å²) in [5.41, 5.74) is 1.19. The molecule has 6 nitrogen and oxygen atoms in total. The van der Waals surface area contributed by atoms with Crippen LogP contribution in [0.1, 0.15) is 5.89 Å². The van der Waals surface area contributed by atoms with Crippen LogP contribution in [0.2, 0.25) is 5.02 Å². The Kier molecular flexibility index (Phi) is 4.46. The number of halogens is 1. The van der Waals surface area contributed by atoms with Gasteiger partial charge in [0.25, 0.3) is 5.56 Å². The normalized spacial score (nSPS) is 11.2. The lowest BCUT2D eigenvalue weighted by atomic mass is 10.1. The third-order valence-electron chi connectivity index (χ3n) is 4.48.